The number of nitrogen functional groups attached to an aromatic ring is 1. The van der Waals surface area contributed by atoms with E-state index in [1.165, 1.54) is 23.8 Å². The number of aromatic nitrogens is 6. The number of nitrogens with two attached hydrogens (primary N) is 1. The maximum atomic E-state index is 14.3. The predicted molar refractivity (Wildman–Crippen MR) is 131 cm³/mol. The number of hydrogen-bond donors (Lipinski definition) is 2. The smallest absolute Gasteiger partial charge is 0.223 e. The van der Waals surface area contributed by atoms with Crippen LogP contribution in [0.4, 0.5) is 16.0 Å². The fourth-order valence-corrected chi connectivity index (χ4v) is 4.72. The van der Waals surface area contributed by atoms with Crippen molar-refractivity contribution in [2.45, 2.75) is 58.1 Å². The molecular weight excluding hydrogens is 451 g/mol. The quantitative estimate of drug-likeness (QED) is 0.445. The van der Waals surface area contributed by atoms with Crippen LogP contribution in [0.25, 0.3) is 16.6 Å². The Morgan fingerprint density at radius 3 is 2.74 bits per heavy atom. The Hall–Kier alpha value is -3.47. The van der Waals surface area contributed by atoms with Crippen LogP contribution in [0.5, 0.6) is 5.75 Å². The van der Waals surface area contributed by atoms with Gasteiger partial charge in [-0.3, -0.25) is 4.68 Å². The average Bonchev–Trinajstić information content (AvgIpc) is 3.43. The van der Waals surface area contributed by atoms with Crippen LogP contribution >= 0.6 is 0 Å². The molecule has 35 heavy (non-hydrogen) atoms. The normalized spacial score (nSPS) is 17.9. The lowest BCUT2D eigenvalue weighted by Crippen LogP contribution is -2.35. The minimum atomic E-state index is -0.889. The number of anilines is 2. The van der Waals surface area contributed by atoms with E-state index >= 15 is 0 Å². The van der Waals surface area contributed by atoms with Crippen molar-refractivity contribution in [1.29, 1.82) is 0 Å². The Bertz CT molecular complexity index is 1410. The molecule has 2 unspecified atom stereocenters. The van der Waals surface area contributed by atoms with Crippen LogP contribution < -0.4 is 15.4 Å². The van der Waals surface area contributed by atoms with Crippen molar-refractivity contribution in [2.75, 3.05) is 30.8 Å². The fourth-order valence-electron chi connectivity index (χ4n) is 4.72. The first-order chi connectivity index (χ1) is 16.6. The first-order valence-electron chi connectivity index (χ1n) is 11.8. The van der Waals surface area contributed by atoms with Gasteiger partial charge in [0.25, 0.3) is 0 Å². The second-order valence-corrected chi connectivity index (χ2v) is 9.87. The van der Waals surface area contributed by atoms with Gasteiger partial charge in [0, 0.05) is 31.3 Å². The molecule has 0 bridgehead atoms. The third-order valence-electron chi connectivity index (χ3n) is 7.00. The number of aliphatic hydroxyl groups is 1. The van der Waals surface area contributed by atoms with E-state index in [0.29, 0.717) is 34.7 Å². The summed E-state index contributed by atoms with van der Waals surface area (Å²) in [4.78, 5) is 11.5. The van der Waals surface area contributed by atoms with E-state index < -0.39 is 11.4 Å². The standard InChI is InChI=1S/C24H31FN8O2/c1-13-18(12-32(29-13)14(2)24(3,4)34)31-8-6-7-15(11-31)21-28-22-17-9-16(25)10-19(35-5)20(17)27-23(26)33(22)30-21/h9-10,12,14-15,34H,6-8,11H2,1-5H3,(H2,26,27). The summed E-state index contributed by atoms with van der Waals surface area (Å²) < 4.78 is 22.9. The zero-order valence-electron chi connectivity index (χ0n) is 20.7. The van der Waals surface area contributed by atoms with Gasteiger partial charge >= 0.3 is 0 Å². The molecule has 1 fully saturated rings. The molecule has 0 amide bonds. The Morgan fingerprint density at radius 2 is 2.03 bits per heavy atom. The van der Waals surface area contributed by atoms with E-state index in [-0.39, 0.29) is 17.9 Å². The van der Waals surface area contributed by atoms with E-state index in [1.807, 2.05) is 24.7 Å². The molecule has 1 aromatic carbocycles. The van der Waals surface area contributed by atoms with Gasteiger partial charge in [0.15, 0.2) is 11.5 Å². The maximum absolute atomic E-state index is 14.3. The fraction of sp³-hybridized carbons (Fsp3) is 0.500. The van der Waals surface area contributed by atoms with Crippen LogP contribution in [0.2, 0.25) is 0 Å². The summed E-state index contributed by atoms with van der Waals surface area (Å²) in [6.07, 6.45) is 3.88. The highest BCUT2D eigenvalue weighted by atomic mass is 19.1. The van der Waals surface area contributed by atoms with E-state index in [4.69, 9.17) is 15.5 Å². The molecule has 0 aliphatic carbocycles. The molecular formula is C24H31FN8O2. The molecule has 4 heterocycles. The number of aryl methyl sites for hydroxylation is 1. The molecule has 0 saturated carbocycles. The summed E-state index contributed by atoms with van der Waals surface area (Å²) in [7, 11) is 1.47. The van der Waals surface area contributed by atoms with E-state index in [1.54, 1.807) is 13.8 Å². The minimum Gasteiger partial charge on any atom is -0.494 e. The number of nitrogens with zero attached hydrogens (tertiary/aromatic N) is 7. The molecule has 2 atom stereocenters. The van der Waals surface area contributed by atoms with Crippen LogP contribution in [-0.2, 0) is 0 Å². The van der Waals surface area contributed by atoms with Gasteiger partial charge in [-0.1, -0.05) is 0 Å². The van der Waals surface area contributed by atoms with Gasteiger partial charge in [0.1, 0.15) is 17.1 Å². The molecule has 0 radical (unpaired) electrons. The van der Waals surface area contributed by atoms with Crippen LogP contribution in [0.1, 0.15) is 57.1 Å². The number of rotatable bonds is 5. The topological polar surface area (TPSA) is 120 Å². The van der Waals surface area contributed by atoms with E-state index in [0.717, 1.165) is 30.8 Å². The van der Waals surface area contributed by atoms with Crippen molar-refractivity contribution < 1.29 is 14.2 Å². The molecule has 10 nitrogen and oxygen atoms in total. The number of halogens is 1. The minimum absolute atomic E-state index is 0.0583. The second kappa shape index (κ2) is 8.33. The van der Waals surface area contributed by atoms with Gasteiger partial charge in [-0.15, -0.1) is 5.10 Å². The Labute approximate surface area is 202 Å². The molecule has 1 aliphatic rings. The maximum Gasteiger partial charge on any atom is 0.223 e. The molecule has 3 aromatic heterocycles. The summed E-state index contributed by atoms with van der Waals surface area (Å²) >= 11 is 0. The summed E-state index contributed by atoms with van der Waals surface area (Å²) in [6.45, 7) is 9.11. The number of ether oxygens (including phenoxy) is 1. The third-order valence-corrected chi connectivity index (χ3v) is 7.00. The number of fused-ring (bicyclic) bond motifs is 3. The lowest BCUT2D eigenvalue weighted by atomic mass is 9.97. The van der Waals surface area contributed by atoms with Gasteiger partial charge in [-0.25, -0.2) is 14.4 Å². The predicted octanol–water partition coefficient (Wildman–Crippen LogP) is 3.23. The molecule has 1 aliphatic heterocycles. The molecule has 5 rings (SSSR count). The second-order valence-electron chi connectivity index (χ2n) is 9.87. The molecule has 3 N–H and O–H groups in total. The van der Waals surface area contributed by atoms with Crippen LogP contribution in [0, 0.1) is 12.7 Å². The zero-order valence-corrected chi connectivity index (χ0v) is 20.7. The van der Waals surface area contributed by atoms with E-state index in [9.17, 15) is 9.50 Å². The average molecular weight is 483 g/mol. The number of benzene rings is 1. The summed E-state index contributed by atoms with van der Waals surface area (Å²) in [5.41, 5.74) is 8.15. The molecule has 0 spiro atoms. The van der Waals surface area contributed by atoms with Crippen molar-refractivity contribution in [2.24, 2.45) is 0 Å². The summed E-state index contributed by atoms with van der Waals surface area (Å²) in [5.74, 6) is 0.734. The summed E-state index contributed by atoms with van der Waals surface area (Å²) in [6, 6.07) is 2.49. The third kappa shape index (κ3) is 4.03. The number of piperidine rings is 1. The highest BCUT2D eigenvalue weighted by Crippen LogP contribution is 2.34. The van der Waals surface area contributed by atoms with Gasteiger partial charge in [0.05, 0.1) is 35.5 Å². The molecule has 4 aromatic rings. The van der Waals surface area contributed by atoms with Gasteiger partial charge in [-0.2, -0.15) is 9.61 Å². The number of hydrogen-bond acceptors (Lipinski definition) is 8. The van der Waals surface area contributed by atoms with Crippen LogP contribution in [0.3, 0.4) is 0 Å². The molecule has 186 valence electrons. The van der Waals surface area contributed by atoms with Crippen molar-refractivity contribution >= 4 is 28.2 Å². The van der Waals surface area contributed by atoms with Crippen molar-refractivity contribution in [3.63, 3.8) is 0 Å². The Balaban J connectivity index is 1.49. The highest BCUT2D eigenvalue weighted by Gasteiger charge is 2.30. The van der Waals surface area contributed by atoms with Crippen LogP contribution in [0.15, 0.2) is 18.3 Å². The SMILES string of the molecule is COc1cc(F)cc2c1nc(N)n1nc(C3CCCN(c4cn(C(C)C(C)(C)O)nc4C)C3)nc21. The highest BCUT2D eigenvalue weighted by molar-refractivity contribution is 5.95. The first kappa shape index (κ1) is 23.3. The lowest BCUT2D eigenvalue weighted by molar-refractivity contribution is 0.0257. The van der Waals surface area contributed by atoms with E-state index in [2.05, 4.69) is 20.1 Å². The van der Waals surface area contributed by atoms with Gasteiger partial charge in [-0.05, 0) is 46.6 Å². The van der Waals surface area contributed by atoms with Crippen molar-refractivity contribution in [3.8, 4) is 5.75 Å². The van der Waals surface area contributed by atoms with Gasteiger partial charge < -0.3 is 20.5 Å². The number of methoxy groups -OCH3 is 1. The molecule has 11 heteroatoms. The Morgan fingerprint density at radius 1 is 1.26 bits per heavy atom. The first-order valence-corrected chi connectivity index (χ1v) is 11.8. The van der Waals surface area contributed by atoms with Crippen molar-refractivity contribution in [3.05, 3.63) is 35.7 Å². The zero-order chi connectivity index (χ0) is 25.1. The monoisotopic (exact) mass is 482 g/mol. The van der Waals surface area contributed by atoms with Gasteiger partial charge in [0.2, 0.25) is 5.95 Å². The van der Waals surface area contributed by atoms with Crippen LogP contribution in [-0.4, -0.2) is 60.3 Å². The van der Waals surface area contributed by atoms with Crippen molar-refractivity contribution in [1.82, 2.24) is 29.4 Å². The molecule has 1 saturated heterocycles. The lowest BCUT2D eigenvalue weighted by Gasteiger charge is -2.32. The summed E-state index contributed by atoms with van der Waals surface area (Å²) in [5, 5.41) is 20.2. The Kier molecular flexibility index (Phi) is 5.54. The largest absolute Gasteiger partial charge is 0.494 e.